The van der Waals surface area contributed by atoms with Crippen molar-refractivity contribution in [2.45, 2.75) is 79.1 Å². The molecule has 4 aromatic carbocycles. The number of allylic oxidation sites excluding steroid dienone is 4. The summed E-state index contributed by atoms with van der Waals surface area (Å²) in [6.07, 6.45) is 8.97. The molecule has 0 fully saturated rings. The molecule has 0 spiro atoms. The third-order valence-electron chi connectivity index (χ3n) is 10.2. The number of benzene rings is 4. The molecule has 0 unspecified atom stereocenters. The summed E-state index contributed by atoms with van der Waals surface area (Å²) in [6, 6.07) is 31.3. The van der Waals surface area contributed by atoms with Crippen LogP contribution in [0.5, 0.6) is 0 Å². The summed E-state index contributed by atoms with van der Waals surface area (Å²) < 4.78 is 11.6. The Morgan fingerprint density at radius 2 is 1.19 bits per heavy atom. The van der Waals surface area contributed by atoms with Crippen molar-refractivity contribution in [3.05, 3.63) is 134 Å². The summed E-state index contributed by atoms with van der Waals surface area (Å²) in [5, 5.41) is 0. The first-order chi connectivity index (χ1) is 19.7. The SMILES string of the molecule is [CH2]=[Zr]([C]1=CC=CC1)([c]1ccc(C)cc1)([c]1ccc(C)cc1)[c]1cc(C(C)(C)C)cc2c1Cc1ccc(C(C)(C)C)cc1-2. The molecule has 0 amide bonds. The monoisotopic (exact) mass is 628 g/mol. The Hall–Kier alpha value is -2.89. The molecule has 2 aliphatic carbocycles. The third kappa shape index (κ3) is 4.38. The molecule has 4 aromatic rings. The van der Waals surface area contributed by atoms with Crippen molar-refractivity contribution < 1.29 is 18.3 Å². The van der Waals surface area contributed by atoms with Crippen LogP contribution in [-0.4, -0.2) is 4.21 Å². The van der Waals surface area contributed by atoms with Crippen LogP contribution in [0, 0.1) is 13.8 Å². The molecule has 0 atom stereocenters. The van der Waals surface area contributed by atoms with Crippen LogP contribution in [0.1, 0.15) is 81.3 Å². The fourth-order valence-corrected chi connectivity index (χ4v) is 22.7. The molecule has 0 aliphatic heterocycles. The van der Waals surface area contributed by atoms with Crippen molar-refractivity contribution in [3.8, 4) is 11.1 Å². The molecule has 0 bridgehead atoms. The molecular formula is C41H46Zr. The predicted octanol–water partition coefficient (Wildman–Crippen LogP) is 8.71. The zero-order chi connectivity index (χ0) is 30.1. The summed E-state index contributed by atoms with van der Waals surface area (Å²) >= 11 is -4.72. The van der Waals surface area contributed by atoms with Gasteiger partial charge in [-0.3, -0.25) is 0 Å². The van der Waals surface area contributed by atoms with Gasteiger partial charge >= 0.3 is 256 Å². The van der Waals surface area contributed by atoms with Gasteiger partial charge in [0.1, 0.15) is 0 Å². The van der Waals surface area contributed by atoms with E-state index in [1.54, 1.807) is 0 Å². The fourth-order valence-electron chi connectivity index (χ4n) is 7.39. The van der Waals surface area contributed by atoms with Crippen molar-refractivity contribution in [2.75, 3.05) is 0 Å². The molecule has 2 aliphatic rings. The predicted molar refractivity (Wildman–Crippen MR) is 182 cm³/mol. The quantitative estimate of drug-likeness (QED) is 0.187. The van der Waals surface area contributed by atoms with Gasteiger partial charge in [-0.05, 0) is 0 Å². The van der Waals surface area contributed by atoms with Gasteiger partial charge in [-0.1, -0.05) is 0 Å². The molecule has 42 heavy (non-hydrogen) atoms. The van der Waals surface area contributed by atoms with Gasteiger partial charge in [-0.15, -0.1) is 0 Å². The second kappa shape index (κ2) is 9.82. The second-order valence-electron chi connectivity index (χ2n) is 15.1. The van der Waals surface area contributed by atoms with Crippen molar-refractivity contribution in [2.24, 2.45) is 0 Å². The van der Waals surface area contributed by atoms with Gasteiger partial charge in [0.25, 0.3) is 0 Å². The van der Waals surface area contributed by atoms with Gasteiger partial charge in [0.2, 0.25) is 0 Å². The van der Waals surface area contributed by atoms with Gasteiger partial charge in [0, 0.05) is 0 Å². The van der Waals surface area contributed by atoms with Crippen molar-refractivity contribution in [1.82, 2.24) is 0 Å². The summed E-state index contributed by atoms with van der Waals surface area (Å²) in [5.74, 6) is 0. The van der Waals surface area contributed by atoms with Gasteiger partial charge in [-0.2, -0.15) is 0 Å². The van der Waals surface area contributed by atoms with Gasteiger partial charge in [-0.25, -0.2) is 0 Å². The van der Waals surface area contributed by atoms with E-state index in [4.69, 9.17) is 4.21 Å². The van der Waals surface area contributed by atoms with E-state index in [0.717, 1.165) is 12.8 Å². The van der Waals surface area contributed by atoms with E-state index < -0.39 is 18.3 Å². The standard InChI is InChI=1S/C21H25.2C7H7.C5H5.CH2.Zr/c1-20(2,3)16-9-7-14-11-15-8-10-17(21(4,5)6)13-19(15)18(14)12-16;2*1-7-5-3-2-4-6-7;1-2-4-5-3-1;;/h7,9-10,12-13H,11H2,1-6H3;2*3-6H,1H3;1-3H,4H2;1H2;. The topological polar surface area (TPSA) is 0 Å². The summed E-state index contributed by atoms with van der Waals surface area (Å²) in [6.45, 7) is 18.4. The number of hydrogen-bond acceptors (Lipinski definition) is 0. The minimum absolute atomic E-state index is 0.00491. The minimum atomic E-state index is -4.72. The second-order valence-corrected chi connectivity index (χ2v) is 28.0. The van der Waals surface area contributed by atoms with E-state index in [0.29, 0.717) is 0 Å². The van der Waals surface area contributed by atoms with Gasteiger partial charge < -0.3 is 0 Å². The van der Waals surface area contributed by atoms with E-state index in [1.165, 1.54) is 57.6 Å². The van der Waals surface area contributed by atoms with E-state index >= 15 is 0 Å². The van der Waals surface area contributed by atoms with E-state index in [-0.39, 0.29) is 10.8 Å². The van der Waals surface area contributed by atoms with E-state index in [9.17, 15) is 0 Å². The molecular weight excluding hydrogens is 584 g/mol. The number of aryl methyl sites for hydroxylation is 2. The Bertz CT molecular complexity index is 1780. The van der Waals surface area contributed by atoms with Crippen molar-refractivity contribution in [1.29, 1.82) is 0 Å². The first-order valence-electron chi connectivity index (χ1n) is 15.6. The normalized spacial score (nSPS) is 15.0. The van der Waals surface area contributed by atoms with Crippen LogP contribution in [0.4, 0.5) is 0 Å². The Morgan fingerprint density at radius 3 is 1.69 bits per heavy atom. The van der Waals surface area contributed by atoms with E-state index in [2.05, 4.69) is 152 Å². The number of hydrogen-bond donors (Lipinski definition) is 0. The first-order valence-corrected chi connectivity index (χ1v) is 22.2. The Labute approximate surface area is 254 Å². The maximum atomic E-state index is 5.67. The summed E-state index contributed by atoms with van der Waals surface area (Å²) in [5.41, 5.74) is 11.3. The molecule has 214 valence electrons. The molecule has 0 saturated heterocycles. The number of rotatable bonds is 4. The Balaban J connectivity index is 1.81. The third-order valence-corrected chi connectivity index (χ3v) is 26.5. The Morgan fingerprint density at radius 1 is 0.643 bits per heavy atom. The summed E-state index contributed by atoms with van der Waals surface area (Å²) in [4.78, 5) is 0. The first kappa shape index (κ1) is 29.2. The fraction of sp³-hybridized carbons (Fsp3) is 0.293. The van der Waals surface area contributed by atoms with Crippen LogP contribution >= 0.6 is 0 Å². The van der Waals surface area contributed by atoms with Gasteiger partial charge in [0.15, 0.2) is 0 Å². The van der Waals surface area contributed by atoms with Crippen LogP contribution in [0.3, 0.4) is 0 Å². The van der Waals surface area contributed by atoms with Crippen LogP contribution in [0.15, 0.2) is 100 Å². The zero-order valence-electron chi connectivity index (χ0n) is 26.9. The Kier molecular flexibility index (Phi) is 6.83. The molecule has 0 aromatic heterocycles. The molecule has 0 radical (unpaired) electrons. The average molecular weight is 630 g/mol. The molecule has 0 N–H and O–H groups in total. The van der Waals surface area contributed by atoms with Crippen molar-refractivity contribution in [3.63, 3.8) is 0 Å². The van der Waals surface area contributed by atoms with Crippen LogP contribution in [0.25, 0.3) is 11.1 Å². The molecule has 0 saturated carbocycles. The maximum absolute atomic E-state index is 5.67. The molecule has 0 heterocycles. The van der Waals surface area contributed by atoms with Gasteiger partial charge in [0.05, 0.1) is 0 Å². The molecule has 0 nitrogen and oxygen atoms in total. The van der Waals surface area contributed by atoms with Crippen LogP contribution in [-0.2, 0) is 35.5 Å². The summed E-state index contributed by atoms with van der Waals surface area (Å²) in [7, 11) is 0. The average Bonchev–Trinajstić information content (AvgIpc) is 3.61. The van der Waals surface area contributed by atoms with Crippen LogP contribution in [0.2, 0.25) is 0 Å². The zero-order valence-corrected chi connectivity index (χ0v) is 29.3. The van der Waals surface area contributed by atoms with Crippen LogP contribution < -0.4 is 9.81 Å². The molecule has 6 rings (SSSR count). The van der Waals surface area contributed by atoms with Crippen molar-refractivity contribution >= 4 is 14.0 Å². The number of fused-ring (bicyclic) bond motifs is 3. The molecule has 1 heteroatoms. The van der Waals surface area contributed by atoms with E-state index in [1.807, 2.05) is 0 Å².